The van der Waals surface area contributed by atoms with Crippen molar-refractivity contribution in [3.8, 4) is 0 Å². The molecule has 1 aliphatic rings. The van der Waals surface area contributed by atoms with Gasteiger partial charge in [-0.1, -0.05) is 121 Å². The molecule has 1 heteroatoms. The van der Waals surface area contributed by atoms with Crippen LogP contribution in [0.4, 0.5) is 0 Å². The second kappa shape index (κ2) is 10.8. The van der Waals surface area contributed by atoms with Crippen molar-refractivity contribution in [2.45, 2.75) is 32.6 Å². The second-order valence-electron chi connectivity index (χ2n) is 7.20. The summed E-state index contributed by atoms with van der Waals surface area (Å²) in [4.78, 5) is 0. The van der Waals surface area contributed by atoms with Gasteiger partial charge in [0.25, 0.3) is 0 Å². The first-order valence-electron chi connectivity index (χ1n) is 9.61. The third kappa shape index (κ3) is 6.07. The summed E-state index contributed by atoms with van der Waals surface area (Å²) in [6.45, 7) is 10.9. The van der Waals surface area contributed by atoms with E-state index in [0.717, 1.165) is 16.5 Å². The van der Waals surface area contributed by atoms with Crippen LogP contribution in [0, 0.1) is 0 Å². The third-order valence-corrected chi connectivity index (χ3v) is 5.33. The van der Waals surface area contributed by atoms with E-state index in [1.807, 2.05) is 37.3 Å². The standard InChI is InChI=1S/C27H29Br/c1-5-6-9-16-23-18-14-19-24-17-10-7-8-11-20-25(28)21-13-12-15-22(2)27(3,4)26(23)24/h5-16,18-21H,2,17H2,1,3-4H3/b6-5-,10-7-,11-8-,15-12+,16-9-,21-13+,25-20+. The molecule has 0 saturated heterocycles. The molecule has 144 valence electrons. The summed E-state index contributed by atoms with van der Waals surface area (Å²) in [6.07, 6.45) is 28.0. The van der Waals surface area contributed by atoms with Gasteiger partial charge in [0.15, 0.2) is 0 Å². The van der Waals surface area contributed by atoms with Gasteiger partial charge in [0.2, 0.25) is 0 Å². The van der Waals surface area contributed by atoms with Crippen molar-refractivity contribution in [1.29, 1.82) is 0 Å². The Morgan fingerprint density at radius 3 is 2.57 bits per heavy atom. The van der Waals surface area contributed by atoms with Gasteiger partial charge in [-0.05, 0) is 47.8 Å². The molecule has 0 nitrogen and oxygen atoms in total. The second-order valence-corrected chi connectivity index (χ2v) is 8.12. The maximum Gasteiger partial charge on any atom is 0.0175 e. The van der Waals surface area contributed by atoms with E-state index in [4.69, 9.17) is 0 Å². The van der Waals surface area contributed by atoms with E-state index in [1.165, 1.54) is 16.7 Å². The van der Waals surface area contributed by atoms with Crippen LogP contribution in [0.1, 0.15) is 37.5 Å². The highest BCUT2D eigenvalue weighted by Gasteiger charge is 2.27. The Labute approximate surface area is 178 Å². The lowest BCUT2D eigenvalue weighted by atomic mass is 9.73. The van der Waals surface area contributed by atoms with Gasteiger partial charge in [-0.3, -0.25) is 0 Å². The molecule has 0 radical (unpaired) electrons. The molecular weight excluding hydrogens is 404 g/mol. The van der Waals surface area contributed by atoms with Crippen LogP contribution < -0.4 is 0 Å². The molecule has 1 aliphatic carbocycles. The van der Waals surface area contributed by atoms with Gasteiger partial charge in [0.1, 0.15) is 0 Å². The molecule has 0 N–H and O–H groups in total. The van der Waals surface area contributed by atoms with Crippen molar-refractivity contribution in [3.05, 3.63) is 124 Å². The SMILES string of the molecule is C=C1/C=C/C=C/C(Br)=C\C=C/C=C\Cc2cccc(/C=C\C=C/C)c2C1(C)C. The minimum absolute atomic E-state index is 0.187. The average Bonchev–Trinajstić information content (AvgIpc) is 2.67. The van der Waals surface area contributed by atoms with Crippen LogP contribution in [0.3, 0.4) is 0 Å². The zero-order chi connectivity index (χ0) is 20.4. The Balaban J connectivity index is 2.60. The van der Waals surface area contributed by atoms with Gasteiger partial charge in [0.05, 0.1) is 0 Å². The first-order valence-corrected chi connectivity index (χ1v) is 10.4. The van der Waals surface area contributed by atoms with E-state index in [9.17, 15) is 0 Å². The van der Waals surface area contributed by atoms with Gasteiger partial charge in [-0.15, -0.1) is 0 Å². The molecule has 0 aromatic heterocycles. The van der Waals surface area contributed by atoms with Crippen molar-refractivity contribution < 1.29 is 0 Å². The number of rotatable bonds is 2. The molecule has 0 unspecified atom stereocenters. The minimum Gasteiger partial charge on any atom is -0.0949 e. The van der Waals surface area contributed by atoms with E-state index in [0.29, 0.717) is 0 Å². The van der Waals surface area contributed by atoms with E-state index in [1.54, 1.807) is 0 Å². The highest BCUT2D eigenvalue weighted by molar-refractivity contribution is 9.11. The average molecular weight is 433 g/mol. The fraction of sp³-hybridized carbons (Fsp3) is 0.185. The van der Waals surface area contributed by atoms with E-state index < -0.39 is 0 Å². The zero-order valence-corrected chi connectivity index (χ0v) is 18.6. The lowest BCUT2D eigenvalue weighted by Crippen LogP contribution is -2.22. The molecule has 0 spiro atoms. The summed E-state index contributed by atoms with van der Waals surface area (Å²) in [7, 11) is 0. The van der Waals surface area contributed by atoms with E-state index in [2.05, 4.69) is 103 Å². The topological polar surface area (TPSA) is 0 Å². The molecule has 2 rings (SSSR count). The summed E-state index contributed by atoms with van der Waals surface area (Å²) in [5.41, 5.74) is 4.80. The van der Waals surface area contributed by atoms with Crippen LogP contribution in [0.5, 0.6) is 0 Å². The Morgan fingerprint density at radius 1 is 1.00 bits per heavy atom. The number of hydrogen-bond donors (Lipinski definition) is 0. The summed E-state index contributed by atoms with van der Waals surface area (Å²) < 4.78 is 1.03. The number of fused-ring (bicyclic) bond motifs is 1. The molecule has 1 aromatic rings. The van der Waals surface area contributed by atoms with Gasteiger partial charge >= 0.3 is 0 Å². The predicted octanol–water partition coefficient (Wildman–Crippen LogP) is 8.17. The third-order valence-electron chi connectivity index (χ3n) is 4.81. The molecule has 28 heavy (non-hydrogen) atoms. The van der Waals surface area contributed by atoms with Gasteiger partial charge in [-0.2, -0.15) is 0 Å². The summed E-state index contributed by atoms with van der Waals surface area (Å²) in [5.74, 6) is 0. The number of allylic oxidation sites excluding steroid dienone is 14. The lowest BCUT2D eigenvalue weighted by Gasteiger charge is -2.31. The Morgan fingerprint density at radius 2 is 1.79 bits per heavy atom. The zero-order valence-electron chi connectivity index (χ0n) is 17.0. The first kappa shape index (κ1) is 21.9. The van der Waals surface area contributed by atoms with Crippen LogP contribution in [0.25, 0.3) is 6.08 Å². The highest BCUT2D eigenvalue weighted by Crippen LogP contribution is 2.37. The smallest absolute Gasteiger partial charge is 0.0175 e. The van der Waals surface area contributed by atoms with Crippen molar-refractivity contribution in [2.24, 2.45) is 0 Å². The molecule has 0 bridgehead atoms. The lowest BCUT2D eigenvalue weighted by molar-refractivity contribution is 0.633. The number of hydrogen-bond acceptors (Lipinski definition) is 0. The number of halogens is 1. The van der Waals surface area contributed by atoms with Crippen LogP contribution in [-0.4, -0.2) is 0 Å². The maximum atomic E-state index is 4.40. The Kier molecular flexibility index (Phi) is 8.47. The number of benzene rings is 1. The first-order chi connectivity index (χ1) is 13.5. The molecule has 0 atom stereocenters. The molecule has 0 heterocycles. The molecule has 0 aliphatic heterocycles. The van der Waals surface area contributed by atoms with Crippen molar-refractivity contribution in [1.82, 2.24) is 0 Å². The van der Waals surface area contributed by atoms with Crippen LogP contribution in [0.15, 0.2) is 108 Å². The van der Waals surface area contributed by atoms with Crippen molar-refractivity contribution >= 4 is 22.0 Å². The monoisotopic (exact) mass is 432 g/mol. The fourth-order valence-electron chi connectivity index (χ4n) is 3.19. The normalized spacial score (nSPS) is 24.0. The summed E-state index contributed by atoms with van der Waals surface area (Å²) in [5, 5.41) is 0. The maximum absolute atomic E-state index is 4.40. The predicted molar refractivity (Wildman–Crippen MR) is 130 cm³/mol. The molecule has 0 fully saturated rings. The summed E-state index contributed by atoms with van der Waals surface area (Å²) >= 11 is 3.56. The molecule has 0 amide bonds. The molecule has 1 aromatic carbocycles. The quantitative estimate of drug-likeness (QED) is 0.413. The largest absolute Gasteiger partial charge is 0.0949 e. The van der Waals surface area contributed by atoms with Gasteiger partial charge in [-0.25, -0.2) is 0 Å². The van der Waals surface area contributed by atoms with E-state index in [-0.39, 0.29) is 5.41 Å². The van der Waals surface area contributed by atoms with Crippen LogP contribution in [0.2, 0.25) is 0 Å². The highest BCUT2D eigenvalue weighted by atomic mass is 79.9. The van der Waals surface area contributed by atoms with Gasteiger partial charge in [0, 0.05) is 9.90 Å². The summed E-state index contributed by atoms with van der Waals surface area (Å²) in [6, 6.07) is 6.56. The Bertz CT molecular complexity index is 896. The van der Waals surface area contributed by atoms with E-state index >= 15 is 0 Å². The Hall–Kier alpha value is -2.38. The van der Waals surface area contributed by atoms with Crippen molar-refractivity contribution in [3.63, 3.8) is 0 Å². The molecule has 0 saturated carbocycles. The van der Waals surface area contributed by atoms with Crippen LogP contribution in [-0.2, 0) is 11.8 Å². The minimum atomic E-state index is -0.187. The fourth-order valence-corrected chi connectivity index (χ4v) is 3.50. The van der Waals surface area contributed by atoms with Gasteiger partial charge < -0.3 is 0 Å². The van der Waals surface area contributed by atoms with Crippen molar-refractivity contribution in [2.75, 3.05) is 0 Å². The molecular formula is C27H29Br. The van der Waals surface area contributed by atoms with Crippen LogP contribution >= 0.6 is 15.9 Å².